The summed E-state index contributed by atoms with van der Waals surface area (Å²) in [5.41, 5.74) is 6.75. The highest BCUT2D eigenvalue weighted by Crippen LogP contribution is 2.33. The Morgan fingerprint density at radius 1 is 1.38 bits per heavy atom. The minimum absolute atomic E-state index is 0.0580. The number of halogens is 1. The maximum Gasteiger partial charge on any atom is 0.182 e. The fraction of sp³-hybridized carbons (Fsp3) is 0.308. The van der Waals surface area contributed by atoms with Crippen LogP contribution in [0.4, 0.5) is 11.6 Å². The van der Waals surface area contributed by atoms with E-state index < -0.39 is 9.84 Å². The van der Waals surface area contributed by atoms with Gasteiger partial charge in [-0.15, -0.1) is 5.10 Å². The Labute approximate surface area is 132 Å². The van der Waals surface area contributed by atoms with E-state index in [0.717, 1.165) is 10.7 Å². The third kappa shape index (κ3) is 2.91. The molecule has 0 saturated heterocycles. The van der Waals surface area contributed by atoms with Crippen molar-refractivity contribution in [2.24, 2.45) is 0 Å². The van der Waals surface area contributed by atoms with Gasteiger partial charge in [-0.2, -0.15) is 0 Å². The van der Waals surface area contributed by atoms with E-state index in [-0.39, 0.29) is 10.7 Å². The first-order valence-corrected chi connectivity index (χ1v) is 9.00. The second-order valence-corrected chi connectivity index (χ2v) is 7.49. The molecule has 0 aliphatic heterocycles. The lowest BCUT2D eigenvalue weighted by Crippen LogP contribution is -2.19. The molecule has 1 aromatic heterocycles. The van der Waals surface area contributed by atoms with Crippen molar-refractivity contribution in [3.05, 3.63) is 28.7 Å². The van der Waals surface area contributed by atoms with Crippen LogP contribution in [0.25, 0.3) is 5.69 Å². The van der Waals surface area contributed by atoms with Crippen LogP contribution < -0.4 is 10.6 Å². The van der Waals surface area contributed by atoms with Crippen molar-refractivity contribution >= 4 is 37.4 Å². The molecular weight excluding hydrogens is 356 g/mol. The van der Waals surface area contributed by atoms with E-state index in [1.165, 1.54) is 4.68 Å². The zero-order valence-electron chi connectivity index (χ0n) is 12.0. The normalized spacial score (nSPS) is 11.6. The molecule has 0 aliphatic rings. The largest absolute Gasteiger partial charge is 0.382 e. The molecule has 114 valence electrons. The maximum absolute atomic E-state index is 12.1. The summed E-state index contributed by atoms with van der Waals surface area (Å²) in [6.45, 7) is 2.54. The lowest BCUT2D eigenvalue weighted by Gasteiger charge is -2.14. The van der Waals surface area contributed by atoms with Gasteiger partial charge in [-0.1, -0.05) is 12.1 Å². The molecule has 2 rings (SSSR count). The Balaban J connectivity index is 2.77. The van der Waals surface area contributed by atoms with Gasteiger partial charge in [0, 0.05) is 24.3 Å². The van der Waals surface area contributed by atoms with Gasteiger partial charge in [0.05, 0.1) is 5.69 Å². The van der Waals surface area contributed by atoms with Crippen LogP contribution in [0.15, 0.2) is 33.6 Å². The number of sulfone groups is 1. The molecule has 0 radical (unpaired) electrons. The number of hydrogen-bond donors (Lipinski definition) is 1. The van der Waals surface area contributed by atoms with E-state index >= 15 is 0 Å². The first kappa shape index (κ1) is 15.8. The molecule has 2 N–H and O–H groups in total. The molecule has 0 spiro atoms. The number of rotatable bonds is 4. The lowest BCUT2D eigenvalue weighted by atomic mass is 10.3. The van der Waals surface area contributed by atoms with Crippen molar-refractivity contribution in [2.75, 3.05) is 30.5 Å². The molecule has 21 heavy (non-hydrogen) atoms. The van der Waals surface area contributed by atoms with Crippen molar-refractivity contribution < 1.29 is 8.42 Å². The number of nitrogens with zero attached hydrogens (tertiary/aromatic N) is 3. The molecule has 0 fully saturated rings. The van der Waals surface area contributed by atoms with Crippen molar-refractivity contribution in [1.82, 2.24) is 9.78 Å². The summed E-state index contributed by atoms with van der Waals surface area (Å²) in [5, 5.41) is 4.39. The van der Waals surface area contributed by atoms with Crippen molar-refractivity contribution in [3.8, 4) is 5.69 Å². The Bertz CT molecular complexity index is 770. The lowest BCUT2D eigenvalue weighted by molar-refractivity contribution is 0.602. The van der Waals surface area contributed by atoms with Gasteiger partial charge < -0.3 is 10.6 Å². The van der Waals surface area contributed by atoms with E-state index in [1.54, 1.807) is 11.9 Å². The highest BCUT2D eigenvalue weighted by Gasteiger charge is 2.27. The summed E-state index contributed by atoms with van der Waals surface area (Å²) < 4.78 is 26.3. The average Bonchev–Trinajstić information content (AvgIpc) is 2.76. The molecule has 0 bridgehead atoms. The van der Waals surface area contributed by atoms with Crippen LogP contribution >= 0.6 is 15.9 Å². The monoisotopic (exact) mass is 372 g/mol. The topological polar surface area (TPSA) is 81.2 Å². The Kier molecular flexibility index (Phi) is 4.29. The number of aromatic nitrogens is 2. The molecule has 0 amide bonds. The fourth-order valence-corrected chi connectivity index (χ4v) is 3.41. The SMILES string of the molecule is CCN(C)c1nn(-c2ccccc2Br)c(N)c1S(C)(=O)=O. The molecule has 1 heterocycles. The number of para-hydroxylation sites is 1. The van der Waals surface area contributed by atoms with Crippen LogP contribution in [-0.4, -0.2) is 38.0 Å². The molecule has 0 aliphatic carbocycles. The van der Waals surface area contributed by atoms with Gasteiger partial charge in [-0.05, 0) is 35.0 Å². The third-order valence-corrected chi connectivity index (χ3v) is 4.95. The number of benzene rings is 1. The summed E-state index contributed by atoms with van der Waals surface area (Å²) in [7, 11) is -1.71. The van der Waals surface area contributed by atoms with Gasteiger partial charge in [0.25, 0.3) is 0 Å². The van der Waals surface area contributed by atoms with Gasteiger partial charge in [0.2, 0.25) is 0 Å². The maximum atomic E-state index is 12.1. The summed E-state index contributed by atoms with van der Waals surface area (Å²) in [6.07, 6.45) is 1.14. The quantitative estimate of drug-likeness (QED) is 0.888. The number of anilines is 2. The minimum Gasteiger partial charge on any atom is -0.382 e. The highest BCUT2D eigenvalue weighted by molar-refractivity contribution is 9.10. The summed E-state index contributed by atoms with van der Waals surface area (Å²) in [4.78, 5) is 1.81. The van der Waals surface area contributed by atoms with Crippen LogP contribution in [0, 0.1) is 0 Å². The van der Waals surface area contributed by atoms with Crippen molar-refractivity contribution in [3.63, 3.8) is 0 Å². The standard InChI is InChI=1S/C13H17BrN4O2S/c1-4-17(2)13-11(21(3,19)20)12(15)18(16-13)10-8-6-5-7-9(10)14/h5-8H,4,15H2,1-3H3. The Morgan fingerprint density at radius 3 is 2.52 bits per heavy atom. The molecular formula is C13H17BrN4O2S. The van der Waals surface area contributed by atoms with E-state index in [0.29, 0.717) is 18.1 Å². The first-order chi connectivity index (χ1) is 9.77. The average molecular weight is 373 g/mol. The predicted octanol–water partition coefficient (Wildman–Crippen LogP) is 2.08. The van der Waals surface area contributed by atoms with Crippen LogP contribution in [-0.2, 0) is 9.84 Å². The van der Waals surface area contributed by atoms with Gasteiger partial charge in [0.1, 0.15) is 5.82 Å². The van der Waals surface area contributed by atoms with Crippen LogP contribution in [0.5, 0.6) is 0 Å². The number of nitrogen functional groups attached to an aromatic ring is 1. The molecule has 1 aromatic carbocycles. The van der Waals surface area contributed by atoms with E-state index in [1.807, 2.05) is 31.2 Å². The van der Waals surface area contributed by atoms with Crippen molar-refractivity contribution in [2.45, 2.75) is 11.8 Å². The fourth-order valence-electron chi connectivity index (χ4n) is 1.97. The Hall–Kier alpha value is -1.54. The van der Waals surface area contributed by atoms with Crippen LogP contribution in [0.3, 0.4) is 0 Å². The first-order valence-electron chi connectivity index (χ1n) is 6.32. The second-order valence-electron chi connectivity index (χ2n) is 4.69. The van der Waals surface area contributed by atoms with Gasteiger partial charge in [-0.25, -0.2) is 13.1 Å². The molecule has 6 nitrogen and oxygen atoms in total. The summed E-state index contributed by atoms with van der Waals surface area (Å²) in [5.74, 6) is 0.466. The number of nitrogens with two attached hydrogens (primary N) is 1. The molecule has 0 atom stereocenters. The van der Waals surface area contributed by atoms with E-state index in [2.05, 4.69) is 21.0 Å². The molecule has 8 heteroatoms. The van der Waals surface area contributed by atoms with Crippen LogP contribution in [0.2, 0.25) is 0 Å². The summed E-state index contributed by atoms with van der Waals surface area (Å²) >= 11 is 3.43. The smallest absolute Gasteiger partial charge is 0.182 e. The Morgan fingerprint density at radius 2 is 2.00 bits per heavy atom. The van der Waals surface area contributed by atoms with E-state index in [4.69, 9.17) is 5.73 Å². The van der Waals surface area contributed by atoms with E-state index in [9.17, 15) is 8.42 Å². The number of hydrogen-bond acceptors (Lipinski definition) is 5. The minimum atomic E-state index is -3.48. The van der Waals surface area contributed by atoms with Gasteiger partial charge in [-0.3, -0.25) is 0 Å². The zero-order valence-corrected chi connectivity index (χ0v) is 14.4. The summed E-state index contributed by atoms with van der Waals surface area (Å²) in [6, 6.07) is 7.36. The van der Waals surface area contributed by atoms with Crippen molar-refractivity contribution in [1.29, 1.82) is 0 Å². The third-order valence-electron chi connectivity index (χ3n) is 3.15. The zero-order chi connectivity index (χ0) is 15.8. The highest BCUT2D eigenvalue weighted by atomic mass is 79.9. The van der Waals surface area contributed by atoms with Gasteiger partial charge >= 0.3 is 0 Å². The van der Waals surface area contributed by atoms with Gasteiger partial charge in [0.15, 0.2) is 20.6 Å². The van der Waals surface area contributed by atoms with Crippen LogP contribution in [0.1, 0.15) is 6.92 Å². The molecule has 2 aromatic rings. The predicted molar refractivity (Wildman–Crippen MR) is 87.7 cm³/mol. The second kappa shape index (κ2) is 5.69. The molecule has 0 unspecified atom stereocenters. The molecule has 0 saturated carbocycles.